The number of hydrogen-bond donors (Lipinski definition) is 0. The van der Waals surface area contributed by atoms with Gasteiger partial charge in [-0.1, -0.05) is 0 Å². The van der Waals surface area contributed by atoms with Crippen molar-refractivity contribution in [3.8, 4) is 0 Å². The van der Waals surface area contributed by atoms with Crippen molar-refractivity contribution >= 4 is 32.7 Å². The Bertz CT molecular complexity index is 925. The molecule has 0 nitrogen and oxygen atoms in total. The van der Waals surface area contributed by atoms with Gasteiger partial charge in [-0.25, -0.2) is 0 Å². The maximum absolute atomic E-state index is 3.40. The van der Waals surface area contributed by atoms with Crippen LogP contribution in [0.3, 0.4) is 0 Å². The molecule has 0 aliphatic rings. The van der Waals surface area contributed by atoms with Crippen LogP contribution in [0.2, 0.25) is 0 Å². The minimum absolute atomic E-state index is 1.32. The van der Waals surface area contributed by atoms with Gasteiger partial charge in [-0.2, -0.15) is 0 Å². The van der Waals surface area contributed by atoms with Crippen LogP contribution in [0.5, 0.6) is 0 Å². The summed E-state index contributed by atoms with van der Waals surface area (Å²) in [5.74, 6) is 0. The topological polar surface area (TPSA) is 0 Å². The zero-order valence-electron chi connectivity index (χ0n) is 15.9. The van der Waals surface area contributed by atoms with Gasteiger partial charge in [-0.3, -0.25) is 0 Å². The third kappa shape index (κ3) is 3.23. The fraction of sp³-hybridized carbons (Fsp3) is 0.0769. The van der Waals surface area contributed by atoms with Gasteiger partial charge in [0.15, 0.2) is 0 Å². The maximum atomic E-state index is 2.40. The van der Waals surface area contributed by atoms with E-state index >= 15 is 0 Å². The molecule has 0 spiro atoms. The molecule has 0 aliphatic heterocycles. The molecule has 1 heteroatoms. The van der Waals surface area contributed by atoms with Crippen LogP contribution in [-0.4, -0.2) is 18.4 Å². The van der Waals surface area contributed by atoms with E-state index in [0.29, 0.717) is 0 Å². The molecule has 0 aliphatic carbocycles. The molecule has 0 radical (unpaired) electrons. The van der Waals surface area contributed by atoms with Crippen LogP contribution >= 0.6 is 0 Å². The molecule has 0 saturated carbocycles. The van der Waals surface area contributed by atoms with E-state index in [1.165, 1.54) is 21.9 Å². The van der Waals surface area contributed by atoms with Crippen LogP contribution in [0.4, 0.5) is 0 Å². The first-order valence-electron chi connectivity index (χ1n) is 9.47. The average molecular weight is 455 g/mol. The van der Waals surface area contributed by atoms with Gasteiger partial charge in [0.05, 0.1) is 0 Å². The van der Waals surface area contributed by atoms with Crippen molar-refractivity contribution < 1.29 is 0 Å². The van der Waals surface area contributed by atoms with E-state index in [2.05, 4.69) is 123 Å². The molecular formula is C26H24Sn. The standard InChI is InChI=1S/C8H9.3C6H5.Sn/c1-7-4-3-5-8(2)6-7;3*1-2-4-6-5-3-1;/h3-4,6H,1-2H3;3*1-5H;. The first kappa shape index (κ1) is 18.1. The third-order valence-corrected chi connectivity index (χ3v) is 19.6. The van der Waals surface area contributed by atoms with Crippen molar-refractivity contribution in [3.63, 3.8) is 0 Å². The van der Waals surface area contributed by atoms with Gasteiger partial charge in [0.25, 0.3) is 0 Å². The van der Waals surface area contributed by atoms with Crippen molar-refractivity contribution in [3.05, 3.63) is 120 Å². The fourth-order valence-corrected chi connectivity index (χ4v) is 18.6. The molecule has 0 bridgehead atoms. The second-order valence-corrected chi connectivity index (χ2v) is 17.9. The molecule has 132 valence electrons. The summed E-state index contributed by atoms with van der Waals surface area (Å²) in [6, 6.07) is 40.6. The molecule has 0 aromatic heterocycles. The summed E-state index contributed by atoms with van der Waals surface area (Å²) in [5, 5.41) is 0. The Hall–Kier alpha value is -2.32. The summed E-state index contributed by atoms with van der Waals surface area (Å²) in [6.07, 6.45) is 0. The molecule has 0 amide bonds. The SMILES string of the molecule is Cc1cc[c]([Sn]([c]2ccccc2)([c]2ccccc2)[c]2ccccc2)c(C)c1. The molecule has 4 aromatic rings. The molecule has 4 aromatic carbocycles. The van der Waals surface area contributed by atoms with Crippen molar-refractivity contribution in [2.75, 3.05) is 0 Å². The van der Waals surface area contributed by atoms with Crippen LogP contribution in [0.15, 0.2) is 109 Å². The average Bonchev–Trinajstić information content (AvgIpc) is 2.72. The van der Waals surface area contributed by atoms with Crippen LogP contribution in [0.1, 0.15) is 11.1 Å². The van der Waals surface area contributed by atoms with Gasteiger partial charge in [0, 0.05) is 0 Å². The Labute approximate surface area is 166 Å². The van der Waals surface area contributed by atoms with Gasteiger partial charge in [-0.15, -0.1) is 0 Å². The predicted molar refractivity (Wildman–Crippen MR) is 120 cm³/mol. The molecule has 0 atom stereocenters. The van der Waals surface area contributed by atoms with Crippen LogP contribution in [0.25, 0.3) is 0 Å². The first-order valence-corrected chi connectivity index (χ1v) is 15.2. The van der Waals surface area contributed by atoms with E-state index in [-0.39, 0.29) is 0 Å². The Morgan fingerprint density at radius 1 is 0.481 bits per heavy atom. The van der Waals surface area contributed by atoms with Crippen LogP contribution in [0, 0.1) is 13.8 Å². The normalized spacial score (nSPS) is 11.3. The number of aryl methyl sites for hydroxylation is 2. The summed E-state index contributed by atoms with van der Waals surface area (Å²) in [5.41, 5.74) is 2.73. The van der Waals surface area contributed by atoms with Crippen LogP contribution < -0.4 is 14.3 Å². The van der Waals surface area contributed by atoms with Crippen molar-refractivity contribution in [2.45, 2.75) is 13.8 Å². The second kappa shape index (κ2) is 7.74. The van der Waals surface area contributed by atoms with E-state index in [9.17, 15) is 0 Å². The molecular weight excluding hydrogens is 431 g/mol. The van der Waals surface area contributed by atoms with Crippen molar-refractivity contribution in [1.82, 2.24) is 0 Å². The molecule has 0 unspecified atom stereocenters. The van der Waals surface area contributed by atoms with E-state index in [4.69, 9.17) is 0 Å². The Balaban J connectivity index is 2.16. The van der Waals surface area contributed by atoms with Gasteiger partial charge < -0.3 is 0 Å². The first-order chi connectivity index (χ1) is 13.2. The van der Waals surface area contributed by atoms with Gasteiger partial charge in [0.2, 0.25) is 0 Å². The molecule has 4 rings (SSSR count). The summed E-state index contributed by atoms with van der Waals surface area (Å²) in [6.45, 7) is 4.46. The summed E-state index contributed by atoms with van der Waals surface area (Å²) in [4.78, 5) is 0. The third-order valence-electron chi connectivity index (χ3n) is 5.41. The summed E-state index contributed by atoms with van der Waals surface area (Å²) < 4.78 is 6.03. The van der Waals surface area contributed by atoms with Gasteiger partial charge >= 0.3 is 167 Å². The Morgan fingerprint density at radius 2 is 0.889 bits per heavy atom. The molecule has 27 heavy (non-hydrogen) atoms. The predicted octanol–water partition coefficient (Wildman–Crippen LogP) is 3.68. The quantitative estimate of drug-likeness (QED) is 0.412. The fourth-order valence-electron chi connectivity index (χ4n) is 4.27. The molecule has 0 fully saturated rings. The van der Waals surface area contributed by atoms with E-state index in [0.717, 1.165) is 0 Å². The van der Waals surface area contributed by atoms with Gasteiger partial charge in [-0.05, 0) is 0 Å². The van der Waals surface area contributed by atoms with E-state index in [1.807, 2.05) is 0 Å². The van der Waals surface area contributed by atoms with Crippen molar-refractivity contribution in [1.29, 1.82) is 0 Å². The van der Waals surface area contributed by atoms with E-state index in [1.54, 1.807) is 3.58 Å². The number of rotatable bonds is 4. The van der Waals surface area contributed by atoms with Gasteiger partial charge in [0.1, 0.15) is 0 Å². The summed E-state index contributed by atoms with van der Waals surface area (Å²) >= 11 is -3.40. The zero-order valence-corrected chi connectivity index (χ0v) is 18.7. The van der Waals surface area contributed by atoms with Crippen LogP contribution in [-0.2, 0) is 0 Å². The Kier molecular flexibility index (Phi) is 5.17. The monoisotopic (exact) mass is 456 g/mol. The number of hydrogen-bond acceptors (Lipinski definition) is 0. The van der Waals surface area contributed by atoms with Crippen molar-refractivity contribution in [2.24, 2.45) is 0 Å². The molecule has 0 N–H and O–H groups in total. The van der Waals surface area contributed by atoms with E-state index < -0.39 is 18.4 Å². The Morgan fingerprint density at radius 3 is 1.26 bits per heavy atom. The minimum atomic E-state index is -3.40. The molecule has 0 heterocycles. The molecule has 0 saturated heterocycles. The summed E-state index contributed by atoms with van der Waals surface area (Å²) in [7, 11) is 0. The number of benzene rings is 4. The zero-order chi connectivity index (χ0) is 18.7. The second-order valence-electron chi connectivity index (χ2n) is 7.17.